The van der Waals surface area contributed by atoms with E-state index in [2.05, 4.69) is 25.7 Å². The SMILES string of the molecule is C=CC1C=C(/C=C(\C)Cl)C=C(C)S1. The number of hydrogen-bond acceptors (Lipinski definition) is 1. The van der Waals surface area contributed by atoms with Gasteiger partial charge in [-0.05, 0) is 36.5 Å². The third-order valence-corrected chi connectivity index (χ3v) is 2.85. The van der Waals surface area contributed by atoms with Crippen LogP contribution in [0.1, 0.15) is 13.8 Å². The van der Waals surface area contributed by atoms with Crippen molar-refractivity contribution in [1.82, 2.24) is 0 Å². The molecule has 70 valence electrons. The molecule has 0 radical (unpaired) electrons. The maximum Gasteiger partial charge on any atom is 0.0457 e. The van der Waals surface area contributed by atoms with E-state index in [1.807, 2.05) is 30.8 Å². The van der Waals surface area contributed by atoms with Crippen LogP contribution in [0.3, 0.4) is 0 Å². The highest BCUT2D eigenvalue weighted by molar-refractivity contribution is 8.04. The van der Waals surface area contributed by atoms with Gasteiger partial charge < -0.3 is 0 Å². The van der Waals surface area contributed by atoms with Gasteiger partial charge in [-0.25, -0.2) is 0 Å². The van der Waals surface area contributed by atoms with Gasteiger partial charge in [-0.15, -0.1) is 18.3 Å². The zero-order chi connectivity index (χ0) is 9.84. The smallest absolute Gasteiger partial charge is 0.0457 e. The first kappa shape index (κ1) is 10.7. The van der Waals surface area contributed by atoms with Gasteiger partial charge in [0.25, 0.3) is 0 Å². The van der Waals surface area contributed by atoms with E-state index in [9.17, 15) is 0 Å². The topological polar surface area (TPSA) is 0 Å². The molecule has 1 atom stereocenters. The van der Waals surface area contributed by atoms with Crippen LogP contribution in [0.25, 0.3) is 0 Å². The average Bonchev–Trinajstić information content (AvgIpc) is 2.01. The van der Waals surface area contributed by atoms with Gasteiger partial charge in [0.1, 0.15) is 0 Å². The minimum atomic E-state index is 0.382. The Labute approximate surface area is 89.1 Å². The highest BCUT2D eigenvalue weighted by Crippen LogP contribution is 2.30. The van der Waals surface area contributed by atoms with E-state index in [0.717, 1.165) is 5.03 Å². The van der Waals surface area contributed by atoms with Crippen molar-refractivity contribution >= 4 is 23.4 Å². The molecule has 13 heavy (non-hydrogen) atoms. The van der Waals surface area contributed by atoms with Gasteiger partial charge in [0.15, 0.2) is 0 Å². The van der Waals surface area contributed by atoms with E-state index < -0.39 is 0 Å². The lowest BCUT2D eigenvalue weighted by Crippen LogP contribution is -1.98. The molecule has 0 aliphatic carbocycles. The Kier molecular flexibility index (Phi) is 3.89. The van der Waals surface area contributed by atoms with E-state index in [1.54, 1.807) is 0 Å². The summed E-state index contributed by atoms with van der Waals surface area (Å²) in [5, 5.41) is 1.19. The Morgan fingerprint density at radius 1 is 1.69 bits per heavy atom. The molecule has 0 nitrogen and oxygen atoms in total. The molecule has 1 rings (SSSR count). The molecule has 0 spiro atoms. The molecule has 0 amide bonds. The summed E-state index contributed by atoms with van der Waals surface area (Å²) in [7, 11) is 0. The molecule has 0 saturated heterocycles. The summed E-state index contributed by atoms with van der Waals surface area (Å²) in [5.74, 6) is 0. The van der Waals surface area contributed by atoms with E-state index in [4.69, 9.17) is 11.6 Å². The predicted molar refractivity (Wildman–Crippen MR) is 63.0 cm³/mol. The van der Waals surface area contributed by atoms with Crippen LogP contribution in [0.5, 0.6) is 0 Å². The fourth-order valence-corrected chi connectivity index (χ4v) is 2.27. The van der Waals surface area contributed by atoms with Crippen LogP contribution < -0.4 is 0 Å². The summed E-state index contributed by atoms with van der Waals surface area (Å²) in [6.45, 7) is 7.77. The summed E-state index contributed by atoms with van der Waals surface area (Å²) in [5.41, 5.74) is 1.17. The van der Waals surface area contributed by atoms with Crippen molar-refractivity contribution in [3.63, 3.8) is 0 Å². The summed E-state index contributed by atoms with van der Waals surface area (Å²) in [6, 6.07) is 0. The van der Waals surface area contributed by atoms with Crippen molar-refractivity contribution in [2.45, 2.75) is 19.1 Å². The lowest BCUT2D eigenvalue weighted by Gasteiger charge is -2.14. The first-order valence-electron chi connectivity index (χ1n) is 4.15. The number of allylic oxidation sites excluding steroid dienone is 5. The van der Waals surface area contributed by atoms with Gasteiger partial charge in [-0.2, -0.15) is 0 Å². The van der Waals surface area contributed by atoms with Crippen LogP contribution in [-0.2, 0) is 0 Å². The normalized spacial score (nSPS) is 23.6. The number of thioether (sulfide) groups is 1. The summed E-state index contributed by atoms with van der Waals surface area (Å²) >= 11 is 7.62. The lowest BCUT2D eigenvalue weighted by molar-refractivity contribution is 1.36. The molecular formula is C11H13ClS. The first-order valence-corrected chi connectivity index (χ1v) is 5.40. The molecular weight excluding hydrogens is 200 g/mol. The van der Waals surface area contributed by atoms with Crippen molar-refractivity contribution in [1.29, 1.82) is 0 Å². The van der Waals surface area contributed by atoms with Crippen LogP contribution in [-0.4, -0.2) is 5.25 Å². The quantitative estimate of drug-likeness (QED) is 0.617. The number of rotatable bonds is 2. The minimum absolute atomic E-state index is 0.382. The number of halogens is 1. The van der Waals surface area contributed by atoms with Crippen molar-refractivity contribution in [2.24, 2.45) is 0 Å². The molecule has 1 aliphatic heterocycles. The van der Waals surface area contributed by atoms with Crippen LogP contribution in [0.4, 0.5) is 0 Å². The fourth-order valence-electron chi connectivity index (χ4n) is 1.19. The minimum Gasteiger partial charge on any atom is -0.119 e. The molecule has 0 aromatic carbocycles. The summed E-state index contributed by atoms with van der Waals surface area (Å²) in [6.07, 6.45) is 8.22. The molecule has 1 unspecified atom stereocenters. The van der Waals surface area contributed by atoms with Gasteiger partial charge in [0, 0.05) is 10.3 Å². The van der Waals surface area contributed by atoms with Gasteiger partial charge >= 0.3 is 0 Å². The zero-order valence-corrected chi connectivity index (χ0v) is 9.45. The molecule has 0 bridgehead atoms. The van der Waals surface area contributed by atoms with Crippen LogP contribution >= 0.6 is 23.4 Å². The maximum absolute atomic E-state index is 5.81. The summed E-state index contributed by atoms with van der Waals surface area (Å²) in [4.78, 5) is 1.30. The Hall–Kier alpha value is -0.400. The Morgan fingerprint density at radius 3 is 2.92 bits per heavy atom. The van der Waals surface area contributed by atoms with Crippen LogP contribution in [0.15, 0.2) is 46.4 Å². The van der Waals surface area contributed by atoms with Crippen molar-refractivity contribution in [3.8, 4) is 0 Å². The lowest BCUT2D eigenvalue weighted by atomic mass is 10.1. The Morgan fingerprint density at radius 2 is 2.38 bits per heavy atom. The second-order valence-electron chi connectivity index (χ2n) is 2.97. The van der Waals surface area contributed by atoms with Gasteiger partial charge in [0.05, 0.1) is 0 Å². The highest BCUT2D eigenvalue weighted by atomic mass is 35.5. The highest BCUT2D eigenvalue weighted by Gasteiger charge is 2.08. The fraction of sp³-hybridized carbons (Fsp3) is 0.273. The largest absolute Gasteiger partial charge is 0.119 e. The van der Waals surface area contributed by atoms with E-state index in [0.29, 0.717) is 5.25 Å². The van der Waals surface area contributed by atoms with E-state index in [1.165, 1.54) is 10.5 Å². The Balaban J connectivity index is 2.89. The molecule has 0 aromatic heterocycles. The van der Waals surface area contributed by atoms with Gasteiger partial charge in [-0.3, -0.25) is 0 Å². The van der Waals surface area contributed by atoms with Crippen molar-refractivity contribution < 1.29 is 0 Å². The van der Waals surface area contributed by atoms with E-state index >= 15 is 0 Å². The van der Waals surface area contributed by atoms with Gasteiger partial charge in [0.2, 0.25) is 0 Å². The molecule has 0 N–H and O–H groups in total. The third kappa shape index (κ3) is 3.45. The number of hydrogen-bond donors (Lipinski definition) is 0. The predicted octanol–water partition coefficient (Wildman–Crippen LogP) is 4.26. The second kappa shape index (κ2) is 4.73. The molecule has 0 saturated carbocycles. The zero-order valence-electron chi connectivity index (χ0n) is 7.88. The molecule has 1 aliphatic rings. The molecule has 0 aromatic rings. The third-order valence-electron chi connectivity index (χ3n) is 1.65. The molecule has 2 heteroatoms. The van der Waals surface area contributed by atoms with Crippen LogP contribution in [0.2, 0.25) is 0 Å². The monoisotopic (exact) mass is 212 g/mol. The van der Waals surface area contributed by atoms with E-state index in [-0.39, 0.29) is 0 Å². The average molecular weight is 213 g/mol. The van der Waals surface area contributed by atoms with Crippen molar-refractivity contribution in [2.75, 3.05) is 0 Å². The molecule has 1 heterocycles. The van der Waals surface area contributed by atoms with Crippen molar-refractivity contribution in [3.05, 3.63) is 46.4 Å². The molecule has 0 fully saturated rings. The van der Waals surface area contributed by atoms with Gasteiger partial charge in [-0.1, -0.05) is 23.8 Å². The standard InChI is InChI=1S/C11H13ClS/c1-4-11-7-10(5-8(2)12)6-9(3)13-11/h4-7,11H,1H2,2-3H3/b8-5+. The van der Waals surface area contributed by atoms with Crippen LogP contribution in [0, 0.1) is 0 Å². The second-order valence-corrected chi connectivity index (χ2v) is 4.99. The first-order chi connectivity index (χ1) is 6.11. The Bertz CT molecular complexity index is 289. The maximum atomic E-state index is 5.81. The summed E-state index contributed by atoms with van der Waals surface area (Å²) < 4.78 is 0.